The van der Waals surface area contributed by atoms with Gasteiger partial charge >= 0.3 is 0 Å². The predicted molar refractivity (Wildman–Crippen MR) is 105 cm³/mol. The van der Waals surface area contributed by atoms with Gasteiger partial charge in [0.2, 0.25) is 10.0 Å². The molecule has 1 N–H and O–H groups in total. The van der Waals surface area contributed by atoms with Gasteiger partial charge in [-0.2, -0.15) is 4.31 Å². The summed E-state index contributed by atoms with van der Waals surface area (Å²) in [6, 6.07) is 12.1. The number of rotatable bonds is 7. The second-order valence-electron chi connectivity index (χ2n) is 7.15. The van der Waals surface area contributed by atoms with Crippen molar-refractivity contribution in [1.29, 1.82) is 0 Å². The van der Waals surface area contributed by atoms with E-state index in [4.69, 9.17) is 0 Å². The van der Waals surface area contributed by atoms with Crippen molar-refractivity contribution in [3.05, 3.63) is 65.2 Å². The number of nitrogens with zero attached hydrogens (tertiary/aromatic N) is 1. The van der Waals surface area contributed by atoms with Crippen LogP contribution in [0.4, 0.5) is 0 Å². The Kier molecular flexibility index (Phi) is 6.34. The molecule has 7 nitrogen and oxygen atoms in total. The molecule has 1 aliphatic rings. The summed E-state index contributed by atoms with van der Waals surface area (Å²) in [4.78, 5) is 23.9. The first kappa shape index (κ1) is 21.0. The number of hydrogen-bond acceptors (Lipinski definition) is 5. The topological polar surface area (TPSA) is 107 Å². The zero-order valence-corrected chi connectivity index (χ0v) is 16.9. The summed E-state index contributed by atoms with van der Waals surface area (Å²) in [6.45, 7) is 2.92. The van der Waals surface area contributed by atoms with E-state index >= 15 is 0 Å². The van der Waals surface area contributed by atoms with Crippen molar-refractivity contribution in [1.82, 2.24) is 9.62 Å². The number of aliphatic carboxylic acids is 1. The summed E-state index contributed by atoms with van der Waals surface area (Å²) in [7, 11) is -3.55. The van der Waals surface area contributed by atoms with Crippen LogP contribution >= 0.6 is 0 Å². The molecule has 8 heteroatoms. The molecule has 0 aromatic heterocycles. The van der Waals surface area contributed by atoms with E-state index in [1.165, 1.54) is 28.6 Å². The largest absolute Gasteiger partial charge is 0.550 e. The first-order valence-corrected chi connectivity index (χ1v) is 10.9. The summed E-state index contributed by atoms with van der Waals surface area (Å²) in [5, 5.41) is 13.8. The van der Waals surface area contributed by atoms with Crippen LogP contribution < -0.4 is 10.4 Å². The molecule has 2 aromatic carbocycles. The molecule has 0 saturated carbocycles. The van der Waals surface area contributed by atoms with Gasteiger partial charge in [0.25, 0.3) is 5.91 Å². The van der Waals surface area contributed by atoms with Crippen molar-refractivity contribution in [3.63, 3.8) is 0 Å². The van der Waals surface area contributed by atoms with Gasteiger partial charge in [-0.3, -0.25) is 4.79 Å². The van der Waals surface area contributed by atoms with Crippen molar-refractivity contribution >= 4 is 21.9 Å². The standard InChI is InChI=1S/C21H24N2O5S/c1-15-4-6-16(7-5-15)19(14-20(24)25)22-21(26)17-8-10-18(11-9-17)29(27,28)23-12-2-3-13-23/h4-11,19H,2-3,12-14H2,1H3,(H,22,26)(H,24,25)/p-1/t19-/m0/s1. The number of carbonyl (C=O) groups excluding carboxylic acids is 2. The zero-order valence-electron chi connectivity index (χ0n) is 16.1. The van der Waals surface area contributed by atoms with Crippen LogP contribution in [-0.4, -0.2) is 37.7 Å². The molecule has 0 aliphatic carbocycles. The van der Waals surface area contributed by atoms with Gasteiger partial charge in [0.05, 0.1) is 10.9 Å². The van der Waals surface area contributed by atoms with E-state index in [0.717, 1.165) is 18.4 Å². The Morgan fingerprint density at radius 3 is 2.17 bits per heavy atom. The highest BCUT2D eigenvalue weighted by molar-refractivity contribution is 7.89. The molecule has 1 aliphatic heterocycles. The molecule has 2 aromatic rings. The Morgan fingerprint density at radius 1 is 1.03 bits per heavy atom. The molecule has 3 rings (SSSR count). The fourth-order valence-electron chi connectivity index (χ4n) is 3.32. The van der Waals surface area contributed by atoms with Gasteiger partial charge in [0.15, 0.2) is 0 Å². The van der Waals surface area contributed by atoms with Crippen LogP contribution in [0.5, 0.6) is 0 Å². The number of benzene rings is 2. The molecule has 1 atom stereocenters. The molecule has 0 unspecified atom stereocenters. The number of carboxylic acids is 1. The number of amides is 1. The highest BCUT2D eigenvalue weighted by Crippen LogP contribution is 2.22. The van der Waals surface area contributed by atoms with E-state index in [9.17, 15) is 23.1 Å². The molecular formula is C21H23N2O5S-. The third kappa shape index (κ3) is 5.02. The summed E-state index contributed by atoms with van der Waals surface area (Å²) in [5.41, 5.74) is 1.92. The normalized spacial score (nSPS) is 15.8. The monoisotopic (exact) mass is 415 g/mol. The Labute approximate surface area is 170 Å². The van der Waals surface area contributed by atoms with E-state index in [-0.39, 0.29) is 16.9 Å². The SMILES string of the molecule is Cc1ccc([C@H](CC(=O)[O-])NC(=O)c2ccc(S(=O)(=O)N3CCCC3)cc2)cc1. The van der Waals surface area contributed by atoms with Crippen LogP contribution in [0, 0.1) is 6.92 Å². The summed E-state index contributed by atoms with van der Waals surface area (Å²) in [5.74, 6) is -1.76. The molecule has 154 valence electrons. The highest BCUT2D eigenvalue weighted by Gasteiger charge is 2.27. The van der Waals surface area contributed by atoms with Crippen LogP contribution in [0.1, 0.15) is 46.8 Å². The minimum atomic E-state index is -3.55. The van der Waals surface area contributed by atoms with Gasteiger partial charge in [-0.05, 0) is 49.6 Å². The Morgan fingerprint density at radius 2 is 1.62 bits per heavy atom. The Bertz CT molecular complexity index is 979. The average Bonchev–Trinajstić information content (AvgIpc) is 3.23. The molecule has 1 heterocycles. The van der Waals surface area contributed by atoms with Crippen molar-refractivity contribution in [2.24, 2.45) is 0 Å². The number of sulfonamides is 1. The number of aryl methyl sites for hydroxylation is 1. The van der Waals surface area contributed by atoms with Crippen LogP contribution in [0.25, 0.3) is 0 Å². The molecular weight excluding hydrogens is 392 g/mol. The fourth-order valence-corrected chi connectivity index (χ4v) is 4.83. The Hall–Kier alpha value is -2.71. The van der Waals surface area contributed by atoms with Crippen LogP contribution in [0.2, 0.25) is 0 Å². The van der Waals surface area contributed by atoms with Gasteiger partial charge in [-0.25, -0.2) is 8.42 Å². The number of nitrogens with one attached hydrogen (secondary N) is 1. The van der Waals surface area contributed by atoms with Gasteiger partial charge in [0, 0.05) is 31.0 Å². The molecule has 29 heavy (non-hydrogen) atoms. The van der Waals surface area contributed by atoms with Crippen LogP contribution in [-0.2, 0) is 14.8 Å². The van der Waals surface area contributed by atoms with E-state index in [1.807, 2.05) is 19.1 Å². The molecule has 1 amide bonds. The second kappa shape index (κ2) is 8.75. The third-order valence-corrected chi connectivity index (χ3v) is 6.89. The second-order valence-corrected chi connectivity index (χ2v) is 9.09. The van der Waals surface area contributed by atoms with E-state index < -0.39 is 27.9 Å². The predicted octanol–water partition coefficient (Wildman–Crippen LogP) is 1.39. The number of hydrogen-bond donors (Lipinski definition) is 1. The first-order valence-electron chi connectivity index (χ1n) is 9.45. The lowest BCUT2D eigenvalue weighted by Crippen LogP contribution is -2.34. The third-order valence-electron chi connectivity index (χ3n) is 4.98. The smallest absolute Gasteiger partial charge is 0.251 e. The molecule has 1 saturated heterocycles. The van der Waals surface area contributed by atoms with Crippen LogP contribution in [0.15, 0.2) is 53.4 Å². The van der Waals surface area contributed by atoms with Gasteiger partial charge in [-0.15, -0.1) is 0 Å². The lowest BCUT2D eigenvalue weighted by molar-refractivity contribution is -0.306. The van der Waals surface area contributed by atoms with E-state index in [1.54, 1.807) is 12.1 Å². The lowest BCUT2D eigenvalue weighted by Gasteiger charge is -2.20. The van der Waals surface area contributed by atoms with E-state index in [2.05, 4.69) is 5.32 Å². The molecule has 1 fully saturated rings. The van der Waals surface area contributed by atoms with Crippen molar-refractivity contribution in [2.45, 2.75) is 37.1 Å². The van der Waals surface area contributed by atoms with Crippen molar-refractivity contribution in [3.8, 4) is 0 Å². The maximum atomic E-state index is 12.6. The minimum absolute atomic E-state index is 0.140. The van der Waals surface area contributed by atoms with Crippen LogP contribution in [0.3, 0.4) is 0 Å². The molecule has 0 bridgehead atoms. The summed E-state index contributed by atoms with van der Waals surface area (Å²) in [6.07, 6.45) is 1.33. The molecule has 0 spiro atoms. The summed E-state index contributed by atoms with van der Waals surface area (Å²) >= 11 is 0. The summed E-state index contributed by atoms with van der Waals surface area (Å²) < 4.78 is 26.6. The van der Waals surface area contributed by atoms with E-state index in [0.29, 0.717) is 18.7 Å². The fraction of sp³-hybridized carbons (Fsp3) is 0.333. The zero-order chi connectivity index (χ0) is 21.0. The Balaban J connectivity index is 1.76. The van der Waals surface area contributed by atoms with Gasteiger partial charge in [-0.1, -0.05) is 29.8 Å². The lowest BCUT2D eigenvalue weighted by atomic mass is 10.0. The minimum Gasteiger partial charge on any atom is -0.550 e. The quantitative estimate of drug-likeness (QED) is 0.735. The average molecular weight is 415 g/mol. The molecule has 0 radical (unpaired) electrons. The van der Waals surface area contributed by atoms with Gasteiger partial charge < -0.3 is 15.2 Å². The maximum Gasteiger partial charge on any atom is 0.251 e. The van der Waals surface area contributed by atoms with Crippen molar-refractivity contribution < 1.29 is 23.1 Å². The highest BCUT2D eigenvalue weighted by atomic mass is 32.2. The van der Waals surface area contributed by atoms with Crippen molar-refractivity contribution in [2.75, 3.05) is 13.1 Å². The van der Waals surface area contributed by atoms with Gasteiger partial charge in [0.1, 0.15) is 0 Å². The first-order chi connectivity index (χ1) is 13.8. The number of carbonyl (C=O) groups is 2. The maximum absolute atomic E-state index is 12.6. The number of carboxylic acid groups (broad SMARTS) is 1.